The first-order valence-corrected chi connectivity index (χ1v) is 25.5. The number of nitrogens with two attached hydrogens (primary N) is 1. The number of likely N-dealkylation sites (N-methyl/N-ethyl adjacent to an activating group) is 2. The van der Waals surface area contributed by atoms with Crippen molar-refractivity contribution < 1.29 is 38.4 Å². The summed E-state index contributed by atoms with van der Waals surface area (Å²) < 4.78 is 0. The number of hydrogen-bond acceptors (Lipinski definition) is 11. The van der Waals surface area contributed by atoms with E-state index in [0.29, 0.717) is 12.8 Å². The van der Waals surface area contributed by atoms with Crippen LogP contribution >= 0.6 is 37.2 Å². The molecule has 420 valence electrons. The van der Waals surface area contributed by atoms with Gasteiger partial charge in [-0.3, -0.25) is 38.4 Å². The van der Waals surface area contributed by atoms with Crippen LogP contribution in [-0.2, 0) is 28.8 Å². The highest BCUT2D eigenvalue weighted by atomic mass is 35.5. The largest absolute Gasteiger partial charge is 0.399 e. The third kappa shape index (κ3) is 17.0. The van der Waals surface area contributed by atoms with Crippen molar-refractivity contribution in [1.29, 1.82) is 0 Å². The smallest absolute Gasteiger partial charge is 0.251 e. The first-order chi connectivity index (χ1) is 34.7. The van der Waals surface area contributed by atoms with Crippen molar-refractivity contribution in [2.75, 3.05) is 32.9 Å². The highest BCUT2D eigenvalue weighted by Gasteiger charge is 2.46. The number of amides is 8. The number of halogens is 3. The number of nitrogens with one attached hydrogen (secondary N) is 8. The van der Waals surface area contributed by atoms with E-state index in [9.17, 15) is 38.4 Å². The van der Waals surface area contributed by atoms with Crippen LogP contribution in [0.1, 0.15) is 125 Å². The fraction of sp³-hybridized carbons (Fsp3) is 0.519. The average molecular weight is 1120 g/mol. The molecule has 12 atom stereocenters. The second-order valence-corrected chi connectivity index (χ2v) is 19.7. The van der Waals surface area contributed by atoms with Crippen LogP contribution in [0.5, 0.6) is 0 Å². The van der Waals surface area contributed by atoms with Crippen molar-refractivity contribution in [3.63, 3.8) is 0 Å². The lowest BCUT2D eigenvalue weighted by molar-refractivity contribution is -0.143. The van der Waals surface area contributed by atoms with E-state index in [4.69, 9.17) is 5.73 Å². The Hall–Kier alpha value is -5.99. The molecule has 2 saturated heterocycles. The zero-order chi connectivity index (χ0) is 53.7. The molecule has 2 aliphatic rings. The Morgan fingerprint density at radius 1 is 0.539 bits per heavy atom. The molecule has 0 aromatic heterocycles. The molecule has 0 saturated carbocycles. The van der Waals surface area contributed by atoms with E-state index in [2.05, 4.69) is 42.5 Å². The number of anilines is 1. The summed E-state index contributed by atoms with van der Waals surface area (Å²) in [5.41, 5.74) is 8.23. The summed E-state index contributed by atoms with van der Waals surface area (Å²) in [6.45, 7) is 14.5. The van der Waals surface area contributed by atoms with Crippen LogP contribution in [0.2, 0.25) is 0 Å². The summed E-state index contributed by atoms with van der Waals surface area (Å²) >= 11 is 0. The molecule has 2 heterocycles. The quantitative estimate of drug-likeness (QED) is 0.0651. The van der Waals surface area contributed by atoms with Crippen LogP contribution in [0, 0.1) is 11.8 Å². The Labute approximate surface area is 466 Å². The summed E-state index contributed by atoms with van der Waals surface area (Å²) in [5.74, 6) is -4.33. The monoisotopic (exact) mass is 1120 g/mol. The maximum absolute atomic E-state index is 14.5. The number of nitrogens with zero attached hydrogens (tertiary/aromatic N) is 2. The Bertz CT molecular complexity index is 2280. The topological polar surface area (TPSA) is 265 Å². The maximum atomic E-state index is 14.5. The maximum Gasteiger partial charge on any atom is 0.251 e. The first-order valence-electron chi connectivity index (χ1n) is 25.5. The molecule has 0 radical (unpaired) electrons. The minimum Gasteiger partial charge on any atom is -0.399 e. The molecule has 0 bridgehead atoms. The van der Waals surface area contributed by atoms with Crippen molar-refractivity contribution in [3.8, 4) is 0 Å². The molecule has 19 nitrogen and oxygen atoms in total. The van der Waals surface area contributed by atoms with Gasteiger partial charge in [-0.15, -0.1) is 37.2 Å². The predicted octanol–water partition coefficient (Wildman–Crippen LogP) is 3.97. The molecule has 0 unspecified atom stereocenters. The number of likely N-dealkylation sites (tertiary alicyclic amines) is 2. The highest BCUT2D eigenvalue weighted by Crippen LogP contribution is 2.27. The van der Waals surface area contributed by atoms with Crippen molar-refractivity contribution in [2.24, 2.45) is 11.8 Å². The van der Waals surface area contributed by atoms with E-state index in [1.807, 2.05) is 102 Å². The average Bonchev–Trinajstić information content (AvgIpc) is 4.03. The van der Waals surface area contributed by atoms with E-state index in [-0.39, 0.29) is 104 Å². The molecule has 22 heteroatoms. The first kappa shape index (κ1) is 66.1. The van der Waals surface area contributed by atoms with Crippen LogP contribution < -0.4 is 48.3 Å². The Morgan fingerprint density at radius 2 is 0.882 bits per heavy atom. The third-order valence-corrected chi connectivity index (χ3v) is 14.4. The Morgan fingerprint density at radius 3 is 1.20 bits per heavy atom. The summed E-state index contributed by atoms with van der Waals surface area (Å²) in [7, 11) is 3.28. The Kier molecular flexibility index (Phi) is 26.7. The molecular weight excluding hydrogens is 1040 g/mol. The van der Waals surface area contributed by atoms with Gasteiger partial charge in [-0.2, -0.15) is 0 Å². The van der Waals surface area contributed by atoms with Gasteiger partial charge in [0, 0.05) is 42.0 Å². The van der Waals surface area contributed by atoms with Crippen molar-refractivity contribution in [1.82, 2.24) is 52.3 Å². The fourth-order valence-corrected chi connectivity index (χ4v) is 9.13. The molecule has 5 rings (SSSR count). The van der Waals surface area contributed by atoms with Crippen LogP contribution in [0.4, 0.5) is 5.69 Å². The van der Waals surface area contributed by atoms with Crippen molar-refractivity contribution >= 4 is 90.2 Å². The van der Waals surface area contributed by atoms with E-state index >= 15 is 0 Å². The molecule has 10 N–H and O–H groups in total. The van der Waals surface area contributed by atoms with E-state index in [1.54, 1.807) is 27.9 Å². The molecular formula is C54H80Cl3N11O8. The molecule has 0 spiro atoms. The van der Waals surface area contributed by atoms with Gasteiger partial charge in [0.25, 0.3) is 11.8 Å². The van der Waals surface area contributed by atoms with E-state index in [1.165, 1.54) is 28.0 Å². The zero-order valence-corrected chi connectivity index (χ0v) is 47.6. The van der Waals surface area contributed by atoms with Gasteiger partial charge >= 0.3 is 0 Å². The summed E-state index contributed by atoms with van der Waals surface area (Å²) in [5, 5.41) is 23.5. The molecule has 3 aromatic carbocycles. The minimum absolute atomic E-state index is 0. The fourth-order valence-electron chi connectivity index (χ4n) is 9.13. The number of benzene rings is 3. The van der Waals surface area contributed by atoms with Crippen molar-refractivity contribution in [3.05, 3.63) is 101 Å². The standard InChI is InChI=1S/C54H77N11O8.3ClH/c1-11-30(3)45(62-47(66)34(7)56-9)53(72)64-28-41(26-43(64)51(70)58-32(5)36-19-15-13-16-20-36)60-49(68)38-23-39(25-40(55)24-38)50(69)61-42-27-44(52(71)59-33(6)37-21-17-14-18-22-37)65(29-42)54(73)46(31(4)12-2)63-48(67)35(8)57-10;;;/h13-25,30-35,41-46,56-57H,11-12,26-29,55H2,1-10H3,(H,58,70)(H,59,71)(H,60,68)(H,61,69)(H,62,66)(H,63,67);3*1H/t30-,31-,32+,33+,34-,35-,41-,42-,43-,44-,45-,46-;;;/m0.../s1. The predicted molar refractivity (Wildman–Crippen MR) is 301 cm³/mol. The summed E-state index contributed by atoms with van der Waals surface area (Å²) in [6, 6.07) is 15.6. The lowest BCUT2D eigenvalue weighted by Gasteiger charge is -2.32. The molecule has 8 amide bonds. The van der Waals surface area contributed by atoms with Gasteiger partial charge in [0.2, 0.25) is 35.4 Å². The number of hydrogen-bond donors (Lipinski definition) is 9. The molecule has 3 aromatic rings. The van der Waals surface area contributed by atoms with Gasteiger partial charge in [0.15, 0.2) is 0 Å². The number of rotatable bonds is 22. The SMILES string of the molecule is CC[C@H](C)[C@H](NC(=O)[C@H](C)NC)C(=O)N1C[C@@H](NC(=O)c2cc(N)cc(C(=O)N[C@H]3C[C@@H](C(=O)N[C@H](C)c4ccccc4)N(C(=O)[C@@H](NC(=O)[C@H](C)NC)[C@@H](C)CC)C3)c2)C[C@H]1C(=O)N[C@H](C)c1ccccc1.Cl.Cl.Cl. The van der Waals surface area contributed by atoms with Gasteiger partial charge in [0.05, 0.1) is 24.2 Å². The van der Waals surface area contributed by atoms with Crippen LogP contribution in [-0.4, -0.2) is 133 Å². The highest BCUT2D eigenvalue weighted by molar-refractivity contribution is 6.02. The third-order valence-electron chi connectivity index (χ3n) is 14.4. The molecule has 2 aliphatic heterocycles. The van der Waals surface area contributed by atoms with Crippen molar-refractivity contribution in [2.45, 2.75) is 141 Å². The lowest BCUT2D eigenvalue weighted by atomic mass is 9.97. The van der Waals surface area contributed by atoms with Gasteiger partial charge in [-0.1, -0.05) is 101 Å². The number of carbonyl (C=O) groups is 8. The zero-order valence-electron chi connectivity index (χ0n) is 45.1. The summed E-state index contributed by atoms with van der Waals surface area (Å²) in [4.78, 5) is 115. The van der Waals surface area contributed by atoms with Gasteiger partial charge in [0.1, 0.15) is 24.2 Å². The normalized spacial score (nSPS) is 19.9. The second-order valence-electron chi connectivity index (χ2n) is 19.7. The molecule has 0 aliphatic carbocycles. The van der Waals surface area contributed by atoms with Crippen LogP contribution in [0.3, 0.4) is 0 Å². The Balaban J connectivity index is 0.00000659. The lowest BCUT2D eigenvalue weighted by Crippen LogP contribution is -2.57. The number of carbonyl (C=O) groups excluding carboxylic acids is 8. The summed E-state index contributed by atoms with van der Waals surface area (Å²) in [6.07, 6.45) is 1.23. The van der Waals surface area contributed by atoms with Gasteiger partial charge in [-0.25, -0.2) is 0 Å². The van der Waals surface area contributed by atoms with Gasteiger partial charge in [-0.05, 0) is 95.8 Å². The number of nitrogen functional groups attached to an aromatic ring is 1. The second kappa shape index (κ2) is 30.7. The minimum atomic E-state index is -1.00. The van der Waals surface area contributed by atoms with Crippen LogP contribution in [0.25, 0.3) is 0 Å². The van der Waals surface area contributed by atoms with Gasteiger partial charge < -0.3 is 58.1 Å². The molecule has 2 fully saturated rings. The molecule has 76 heavy (non-hydrogen) atoms. The van der Waals surface area contributed by atoms with Crippen LogP contribution in [0.15, 0.2) is 78.9 Å². The van der Waals surface area contributed by atoms with E-state index < -0.39 is 95.9 Å². The van der Waals surface area contributed by atoms with E-state index in [0.717, 1.165) is 11.1 Å².